The molecule has 120 valence electrons. The van der Waals surface area contributed by atoms with Crippen molar-refractivity contribution in [3.05, 3.63) is 50.6 Å². The predicted octanol–water partition coefficient (Wildman–Crippen LogP) is 4.90. The van der Waals surface area contributed by atoms with Crippen LogP contribution in [0.5, 0.6) is 0 Å². The fourth-order valence-electron chi connectivity index (χ4n) is 2.35. The zero-order valence-electron chi connectivity index (χ0n) is 13.1. The maximum Gasteiger partial charge on any atom is 0.287 e. The molecule has 4 nitrogen and oxygen atoms in total. The summed E-state index contributed by atoms with van der Waals surface area (Å²) in [6, 6.07) is 5.49. The standard InChI is InChI=1S/C17H17ClN2O2S/c1-9(2)17-20-11(8-23-17)7-19-16(21)14-10(3)12-5-4-6-13(18)15(12)22-14/h4-6,8-9H,7H2,1-3H3,(H,19,21). The largest absolute Gasteiger partial charge is 0.449 e. The van der Waals surface area contributed by atoms with E-state index in [1.54, 1.807) is 17.4 Å². The molecule has 0 radical (unpaired) electrons. The summed E-state index contributed by atoms with van der Waals surface area (Å²) in [5, 5.41) is 7.26. The lowest BCUT2D eigenvalue weighted by Gasteiger charge is -2.02. The van der Waals surface area contributed by atoms with Gasteiger partial charge in [0.25, 0.3) is 5.91 Å². The molecule has 0 saturated carbocycles. The Morgan fingerprint density at radius 1 is 1.43 bits per heavy atom. The van der Waals surface area contributed by atoms with Crippen molar-refractivity contribution in [3.8, 4) is 0 Å². The number of aryl methyl sites for hydroxylation is 1. The Kier molecular flexibility index (Phi) is 4.41. The maximum atomic E-state index is 12.4. The Morgan fingerprint density at radius 2 is 2.22 bits per heavy atom. The van der Waals surface area contributed by atoms with E-state index in [-0.39, 0.29) is 5.91 Å². The second-order valence-electron chi connectivity index (χ2n) is 5.69. The van der Waals surface area contributed by atoms with Crippen molar-refractivity contribution >= 4 is 39.8 Å². The second kappa shape index (κ2) is 6.34. The Hall–Kier alpha value is -1.85. The summed E-state index contributed by atoms with van der Waals surface area (Å²) in [4.78, 5) is 16.9. The average Bonchev–Trinajstić information content (AvgIpc) is 3.11. The molecule has 0 saturated heterocycles. The molecule has 0 fully saturated rings. The topological polar surface area (TPSA) is 55.1 Å². The number of carbonyl (C=O) groups excluding carboxylic acids is 1. The molecule has 0 aliphatic rings. The molecule has 0 bridgehead atoms. The van der Waals surface area contributed by atoms with Crippen LogP contribution >= 0.6 is 22.9 Å². The fourth-order valence-corrected chi connectivity index (χ4v) is 3.39. The fraction of sp³-hybridized carbons (Fsp3) is 0.294. The monoisotopic (exact) mass is 348 g/mol. The van der Waals surface area contributed by atoms with Crippen molar-refractivity contribution in [3.63, 3.8) is 0 Å². The molecule has 0 aliphatic heterocycles. The molecule has 3 aromatic rings. The third-order valence-electron chi connectivity index (χ3n) is 3.62. The third kappa shape index (κ3) is 3.12. The highest BCUT2D eigenvalue weighted by atomic mass is 35.5. The normalized spacial score (nSPS) is 11.3. The first-order valence-electron chi connectivity index (χ1n) is 7.37. The van der Waals surface area contributed by atoms with Gasteiger partial charge in [-0.1, -0.05) is 37.6 Å². The molecule has 0 aliphatic carbocycles. The molecule has 6 heteroatoms. The van der Waals surface area contributed by atoms with Gasteiger partial charge < -0.3 is 9.73 Å². The van der Waals surface area contributed by atoms with Gasteiger partial charge >= 0.3 is 0 Å². The van der Waals surface area contributed by atoms with Crippen LogP contribution in [0.4, 0.5) is 0 Å². The van der Waals surface area contributed by atoms with E-state index in [0.29, 0.717) is 28.8 Å². The highest BCUT2D eigenvalue weighted by Gasteiger charge is 2.19. The van der Waals surface area contributed by atoms with Crippen LogP contribution < -0.4 is 5.32 Å². The highest BCUT2D eigenvalue weighted by Crippen LogP contribution is 2.30. The Bertz CT molecular complexity index is 867. The van der Waals surface area contributed by atoms with Crippen molar-refractivity contribution in [2.24, 2.45) is 0 Å². The van der Waals surface area contributed by atoms with Gasteiger partial charge in [-0.05, 0) is 13.0 Å². The van der Waals surface area contributed by atoms with Crippen molar-refractivity contribution in [1.29, 1.82) is 0 Å². The van der Waals surface area contributed by atoms with Gasteiger partial charge in [-0.3, -0.25) is 4.79 Å². The first kappa shape index (κ1) is 16.0. The van der Waals surface area contributed by atoms with Gasteiger partial charge in [-0.2, -0.15) is 0 Å². The minimum absolute atomic E-state index is 0.256. The number of rotatable bonds is 4. The number of amides is 1. The predicted molar refractivity (Wildman–Crippen MR) is 93.3 cm³/mol. The van der Waals surface area contributed by atoms with Crippen LogP contribution in [0, 0.1) is 6.92 Å². The minimum atomic E-state index is -0.256. The third-order valence-corrected chi connectivity index (χ3v) is 5.11. The maximum absolute atomic E-state index is 12.4. The number of nitrogens with one attached hydrogen (secondary N) is 1. The Labute approximate surface area is 143 Å². The van der Waals surface area contributed by atoms with E-state index in [0.717, 1.165) is 21.7 Å². The first-order chi connectivity index (χ1) is 11.0. The van der Waals surface area contributed by atoms with Crippen molar-refractivity contribution < 1.29 is 9.21 Å². The van der Waals surface area contributed by atoms with Crippen molar-refractivity contribution in [2.45, 2.75) is 33.2 Å². The minimum Gasteiger partial charge on any atom is -0.449 e. The van der Waals surface area contributed by atoms with Crippen LogP contribution in [0.3, 0.4) is 0 Å². The smallest absolute Gasteiger partial charge is 0.287 e. The molecule has 2 heterocycles. The summed E-state index contributed by atoms with van der Waals surface area (Å²) in [6.07, 6.45) is 0. The molecular formula is C17H17ClN2O2S. The van der Waals surface area contributed by atoms with Gasteiger partial charge in [-0.25, -0.2) is 4.98 Å². The van der Waals surface area contributed by atoms with Crippen LogP contribution in [0.25, 0.3) is 11.0 Å². The summed E-state index contributed by atoms with van der Waals surface area (Å²) < 4.78 is 5.66. The molecule has 23 heavy (non-hydrogen) atoms. The summed E-state index contributed by atoms with van der Waals surface area (Å²) >= 11 is 7.73. The van der Waals surface area contributed by atoms with Gasteiger partial charge in [0.1, 0.15) is 0 Å². The van der Waals surface area contributed by atoms with Crippen LogP contribution in [-0.4, -0.2) is 10.9 Å². The zero-order chi connectivity index (χ0) is 16.6. The summed E-state index contributed by atoms with van der Waals surface area (Å²) in [6.45, 7) is 6.44. The average molecular weight is 349 g/mol. The summed E-state index contributed by atoms with van der Waals surface area (Å²) in [5.41, 5.74) is 2.20. The van der Waals surface area contributed by atoms with Crippen LogP contribution in [0.15, 0.2) is 28.0 Å². The van der Waals surface area contributed by atoms with Crippen LogP contribution in [0.1, 0.15) is 46.6 Å². The van der Waals surface area contributed by atoms with Crippen LogP contribution in [0.2, 0.25) is 5.02 Å². The van der Waals surface area contributed by atoms with E-state index in [1.807, 2.05) is 24.4 Å². The lowest BCUT2D eigenvalue weighted by Crippen LogP contribution is -2.23. The number of carbonyl (C=O) groups is 1. The van der Waals surface area contributed by atoms with Gasteiger partial charge in [0, 0.05) is 22.2 Å². The first-order valence-corrected chi connectivity index (χ1v) is 8.63. The number of hydrogen-bond donors (Lipinski definition) is 1. The van der Waals surface area contributed by atoms with E-state index in [1.165, 1.54) is 0 Å². The number of para-hydroxylation sites is 1. The van der Waals surface area contributed by atoms with Gasteiger partial charge in [0.15, 0.2) is 11.3 Å². The van der Waals surface area contributed by atoms with E-state index in [9.17, 15) is 4.79 Å². The molecule has 0 spiro atoms. The van der Waals surface area contributed by atoms with Gasteiger partial charge in [0.05, 0.1) is 22.3 Å². The molecular weight excluding hydrogens is 332 g/mol. The highest BCUT2D eigenvalue weighted by molar-refractivity contribution is 7.09. The van der Waals surface area contributed by atoms with E-state index in [2.05, 4.69) is 24.1 Å². The van der Waals surface area contributed by atoms with Crippen LogP contribution in [-0.2, 0) is 6.54 Å². The number of fused-ring (bicyclic) bond motifs is 1. The number of hydrogen-bond acceptors (Lipinski definition) is 4. The molecule has 2 aromatic heterocycles. The second-order valence-corrected chi connectivity index (χ2v) is 6.98. The summed E-state index contributed by atoms with van der Waals surface area (Å²) in [7, 11) is 0. The zero-order valence-corrected chi connectivity index (χ0v) is 14.7. The number of halogens is 1. The van der Waals surface area contributed by atoms with Gasteiger partial charge in [-0.15, -0.1) is 11.3 Å². The molecule has 0 unspecified atom stereocenters. The van der Waals surface area contributed by atoms with Crippen molar-refractivity contribution in [1.82, 2.24) is 10.3 Å². The quantitative estimate of drug-likeness (QED) is 0.729. The number of thiazole rings is 1. The number of nitrogens with zero attached hydrogens (tertiary/aromatic N) is 1. The summed E-state index contributed by atoms with van der Waals surface area (Å²) in [5.74, 6) is 0.436. The SMILES string of the molecule is Cc1c(C(=O)NCc2csc(C(C)C)n2)oc2c(Cl)cccc12. The number of furan rings is 1. The lowest BCUT2D eigenvalue weighted by atomic mass is 10.1. The van der Waals surface area contributed by atoms with Gasteiger partial charge in [0.2, 0.25) is 0 Å². The Balaban J connectivity index is 1.78. The number of aromatic nitrogens is 1. The van der Waals surface area contributed by atoms with E-state index >= 15 is 0 Å². The van der Waals surface area contributed by atoms with E-state index < -0.39 is 0 Å². The molecule has 1 amide bonds. The van der Waals surface area contributed by atoms with Crippen molar-refractivity contribution in [2.75, 3.05) is 0 Å². The van der Waals surface area contributed by atoms with E-state index in [4.69, 9.17) is 16.0 Å². The number of benzene rings is 1. The molecule has 1 aromatic carbocycles. The molecule has 1 N–H and O–H groups in total. The molecule has 0 atom stereocenters. The molecule has 3 rings (SSSR count). The Morgan fingerprint density at radius 3 is 2.87 bits per heavy atom. The lowest BCUT2D eigenvalue weighted by molar-refractivity contribution is 0.0924.